The molecule has 1 aliphatic heterocycles. The lowest BCUT2D eigenvalue weighted by Gasteiger charge is -2.49. The van der Waals surface area contributed by atoms with Crippen LogP contribution in [0.4, 0.5) is 4.79 Å². The van der Waals surface area contributed by atoms with Gasteiger partial charge in [-0.2, -0.15) is 0 Å². The van der Waals surface area contributed by atoms with Crippen LogP contribution >= 0.6 is 0 Å². The summed E-state index contributed by atoms with van der Waals surface area (Å²) in [5, 5.41) is 19.0. The Kier molecular flexibility index (Phi) is 3.63. The highest BCUT2D eigenvalue weighted by Crippen LogP contribution is 2.40. The first kappa shape index (κ1) is 13.0. The van der Waals surface area contributed by atoms with Crippen LogP contribution in [-0.4, -0.2) is 39.9 Å². The summed E-state index contributed by atoms with van der Waals surface area (Å²) in [7, 11) is 0. The topological polar surface area (TPSA) is 60.8 Å². The Hall–Kier alpha value is -1.03. The Morgan fingerprint density at radius 3 is 2.50 bits per heavy atom. The largest absolute Gasteiger partial charge is 0.465 e. The average Bonchev–Trinajstić information content (AvgIpc) is 2.38. The highest BCUT2D eigenvalue weighted by Gasteiger charge is 2.48. The fourth-order valence-electron chi connectivity index (χ4n) is 2.30. The molecule has 0 aliphatic carbocycles. The van der Waals surface area contributed by atoms with Gasteiger partial charge in [-0.3, -0.25) is 4.90 Å². The van der Waals surface area contributed by atoms with Crippen molar-refractivity contribution in [2.45, 2.75) is 39.2 Å². The fraction of sp³-hybridized carbons (Fsp3) is 0.750. The first-order chi connectivity index (χ1) is 7.35. The fourth-order valence-corrected chi connectivity index (χ4v) is 2.30. The molecule has 0 fully saturated rings. The molecular weight excluding hydrogens is 206 g/mol. The zero-order valence-corrected chi connectivity index (χ0v) is 10.2. The normalized spacial score (nSPS) is 26.6. The van der Waals surface area contributed by atoms with Gasteiger partial charge in [0.25, 0.3) is 0 Å². The standard InChI is InChI=1S/C12H21NO3/c1-11(2,3)12(9-14)7-5-4-6-8-13(12)10(15)16/h4-5,14H,6-9H2,1-3H3,(H,15,16). The highest BCUT2D eigenvalue weighted by atomic mass is 16.4. The summed E-state index contributed by atoms with van der Waals surface area (Å²) in [5.74, 6) is 0. The van der Waals surface area contributed by atoms with Crippen molar-refractivity contribution in [3.63, 3.8) is 0 Å². The Balaban J connectivity index is 3.17. The maximum atomic E-state index is 11.3. The van der Waals surface area contributed by atoms with E-state index in [-0.39, 0.29) is 12.0 Å². The minimum Gasteiger partial charge on any atom is -0.465 e. The lowest BCUT2D eigenvalue weighted by molar-refractivity contribution is -0.0323. The summed E-state index contributed by atoms with van der Waals surface area (Å²) in [4.78, 5) is 12.7. The molecule has 4 heteroatoms. The van der Waals surface area contributed by atoms with Gasteiger partial charge in [0, 0.05) is 6.54 Å². The average molecular weight is 227 g/mol. The molecule has 92 valence electrons. The molecule has 1 unspecified atom stereocenters. The number of rotatable bonds is 1. The third-order valence-corrected chi connectivity index (χ3v) is 3.55. The van der Waals surface area contributed by atoms with Crippen LogP contribution in [-0.2, 0) is 0 Å². The number of nitrogens with zero attached hydrogens (tertiary/aromatic N) is 1. The number of carbonyl (C=O) groups is 1. The quantitative estimate of drug-likeness (QED) is 0.674. The molecule has 1 heterocycles. The van der Waals surface area contributed by atoms with Crippen LogP contribution in [0, 0.1) is 5.41 Å². The van der Waals surface area contributed by atoms with Crippen molar-refractivity contribution in [1.82, 2.24) is 4.90 Å². The smallest absolute Gasteiger partial charge is 0.407 e. The second-order valence-electron chi connectivity index (χ2n) is 5.34. The Bertz CT molecular complexity index is 293. The van der Waals surface area contributed by atoms with Gasteiger partial charge in [0.05, 0.1) is 12.1 Å². The van der Waals surface area contributed by atoms with E-state index in [1.165, 1.54) is 4.90 Å². The maximum Gasteiger partial charge on any atom is 0.407 e. The lowest BCUT2D eigenvalue weighted by Crippen LogP contribution is -2.61. The monoisotopic (exact) mass is 227 g/mol. The first-order valence-corrected chi connectivity index (χ1v) is 5.61. The van der Waals surface area contributed by atoms with Crippen LogP contribution in [0.25, 0.3) is 0 Å². The minimum atomic E-state index is -0.951. The molecule has 0 saturated heterocycles. The van der Waals surface area contributed by atoms with Crippen molar-refractivity contribution in [2.24, 2.45) is 5.41 Å². The molecule has 1 aliphatic rings. The van der Waals surface area contributed by atoms with Crippen LogP contribution in [0.15, 0.2) is 12.2 Å². The van der Waals surface area contributed by atoms with E-state index >= 15 is 0 Å². The molecule has 0 saturated carbocycles. The van der Waals surface area contributed by atoms with E-state index in [1.54, 1.807) is 0 Å². The van der Waals surface area contributed by atoms with Gasteiger partial charge in [0.1, 0.15) is 0 Å². The number of aliphatic hydroxyl groups excluding tert-OH is 1. The zero-order chi connectivity index (χ0) is 12.4. The second kappa shape index (κ2) is 4.45. The Morgan fingerprint density at radius 1 is 1.44 bits per heavy atom. The summed E-state index contributed by atoms with van der Waals surface area (Å²) < 4.78 is 0. The van der Waals surface area contributed by atoms with Crippen LogP contribution in [0.1, 0.15) is 33.6 Å². The minimum absolute atomic E-state index is 0.146. The van der Waals surface area contributed by atoms with Gasteiger partial charge in [-0.1, -0.05) is 32.9 Å². The molecule has 4 nitrogen and oxygen atoms in total. The van der Waals surface area contributed by atoms with E-state index in [0.29, 0.717) is 19.4 Å². The molecule has 1 amide bonds. The van der Waals surface area contributed by atoms with Crippen molar-refractivity contribution in [3.05, 3.63) is 12.2 Å². The molecule has 16 heavy (non-hydrogen) atoms. The predicted octanol–water partition coefficient (Wildman–Crippen LogP) is 2.09. The van der Waals surface area contributed by atoms with Gasteiger partial charge in [-0.25, -0.2) is 4.79 Å². The van der Waals surface area contributed by atoms with E-state index in [1.807, 2.05) is 32.9 Å². The number of carboxylic acid groups (broad SMARTS) is 1. The summed E-state index contributed by atoms with van der Waals surface area (Å²) >= 11 is 0. The number of hydrogen-bond donors (Lipinski definition) is 2. The molecular formula is C12H21NO3. The molecule has 0 bridgehead atoms. The van der Waals surface area contributed by atoms with Crippen LogP contribution in [0.3, 0.4) is 0 Å². The van der Waals surface area contributed by atoms with Gasteiger partial charge in [-0.15, -0.1) is 0 Å². The van der Waals surface area contributed by atoms with Crippen molar-refractivity contribution in [2.75, 3.05) is 13.2 Å². The molecule has 0 spiro atoms. The van der Waals surface area contributed by atoms with E-state index in [4.69, 9.17) is 0 Å². The van der Waals surface area contributed by atoms with Gasteiger partial charge < -0.3 is 10.2 Å². The van der Waals surface area contributed by atoms with Gasteiger partial charge in [0.15, 0.2) is 0 Å². The summed E-state index contributed by atoms with van der Waals surface area (Å²) in [5.41, 5.74) is -1.01. The van der Waals surface area contributed by atoms with E-state index in [9.17, 15) is 15.0 Å². The molecule has 1 rings (SSSR count). The van der Waals surface area contributed by atoms with Crippen molar-refractivity contribution >= 4 is 6.09 Å². The summed E-state index contributed by atoms with van der Waals surface area (Å²) in [6.45, 7) is 6.21. The SMILES string of the molecule is CC(C)(C)C1(CO)CC=CCCN1C(=O)O. The van der Waals surface area contributed by atoms with Crippen LogP contribution in [0.2, 0.25) is 0 Å². The van der Waals surface area contributed by atoms with E-state index in [0.717, 1.165) is 0 Å². The molecule has 0 aromatic heterocycles. The number of amides is 1. The van der Waals surface area contributed by atoms with E-state index in [2.05, 4.69) is 0 Å². The second-order valence-corrected chi connectivity index (χ2v) is 5.34. The van der Waals surface area contributed by atoms with Crippen LogP contribution in [0.5, 0.6) is 0 Å². The van der Waals surface area contributed by atoms with E-state index < -0.39 is 11.6 Å². The van der Waals surface area contributed by atoms with Crippen LogP contribution < -0.4 is 0 Å². The molecule has 1 atom stereocenters. The number of aliphatic hydroxyl groups is 1. The first-order valence-electron chi connectivity index (χ1n) is 5.61. The third kappa shape index (κ3) is 2.07. The van der Waals surface area contributed by atoms with Gasteiger partial charge in [-0.05, 0) is 18.3 Å². The molecule has 2 N–H and O–H groups in total. The Labute approximate surface area is 96.6 Å². The number of hydrogen-bond acceptors (Lipinski definition) is 2. The Morgan fingerprint density at radius 2 is 2.06 bits per heavy atom. The van der Waals surface area contributed by atoms with Crippen molar-refractivity contribution in [1.29, 1.82) is 0 Å². The predicted molar refractivity (Wildman–Crippen MR) is 62.4 cm³/mol. The third-order valence-electron chi connectivity index (χ3n) is 3.55. The zero-order valence-electron chi connectivity index (χ0n) is 10.2. The lowest BCUT2D eigenvalue weighted by atomic mass is 9.71. The summed E-state index contributed by atoms with van der Waals surface area (Å²) in [6.07, 6.45) is 4.29. The summed E-state index contributed by atoms with van der Waals surface area (Å²) in [6, 6.07) is 0. The van der Waals surface area contributed by atoms with Crippen molar-refractivity contribution in [3.8, 4) is 0 Å². The molecule has 0 aromatic rings. The van der Waals surface area contributed by atoms with Gasteiger partial charge >= 0.3 is 6.09 Å². The highest BCUT2D eigenvalue weighted by molar-refractivity contribution is 5.66. The van der Waals surface area contributed by atoms with Crippen molar-refractivity contribution < 1.29 is 15.0 Å². The maximum absolute atomic E-state index is 11.3. The van der Waals surface area contributed by atoms with Gasteiger partial charge in [0.2, 0.25) is 0 Å². The molecule has 0 radical (unpaired) electrons. The molecule has 0 aromatic carbocycles.